The molecule has 0 spiro atoms. The van der Waals surface area contributed by atoms with E-state index in [9.17, 15) is 0 Å². The van der Waals surface area contributed by atoms with E-state index in [4.69, 9.17) is 4.74 Å². The molecule has 2 fully saturated rings. The Morgan fingerprint density at radius 3 is 3.00 bits per heavy atom. The van der Waals surface area contributed by atoms with Crippen molar-refractivity contribution in [1.82, 2.24) is 4.90 Å². The molecule has 2 rings (SSSR count). The molecule has 2 heteroatoms. The fourth-order valence-electron chi connectivity index (χ4n) is 2.28. The molecule has 2 nitrogen and oxygen atoms in total. The first-order valence-electron chi connectivity index (χ1n) is 4.61. The highest BCUT2D eigenvalue weighted by molar-refractivity contribution is 4.80. The number of hydrogen-bond acceptors (Lipinski definition) is 2. The Kier molecular flexibility index (Phi) is 1.90. The molecule has 0 aromatic heterocycles. The molecule has 64 valence electrons. The molecule has 0 N–H and O–H groups in total. The van der Waals surface area contributed by atoms with Crippen LogP contribution in [0, 0.1) is 5.92 Å². The molecule has 3 unspecified atom stereocenters. The van der Waals surface area contributed by atoms with E-state index in [1.165, 1.54) is 25.8 Å². The molecule has 2 bridgehead atoms. The van der Waals surface area contributed by atoms with Crippen molar-refractivity contribution in [2.24, 2.45) is 5.92 Å². The van der Waals surface area contributed by atoms with Crippen LogP contribution in [0.25, 0.3) is 0 Å². The van der Waals surface area contributed by atoms with Crippen LogP contribution in [0.2, 0.25) is 0 Å². The maximum absolute atomic E-state index is 5.80. The van der Waals surface area contributed by atoms with Crippen LogP contribution < -0.4 is 0 Å². The summed E-state index contributed by atoms with van der Waals surface area (Å²) in [6.07, 6.45) is 4.84. The van der Waals surface area contributed by atoms with Crippen LogP contribution in [0.15, 0.2) is 0 Å². The van der Waals surface area contributed by atoms with Gasteiger partial charge in [-0.15, -0.1) is 0 Å². The van der Waals surface area contributed by atoms with Crippen molar-refractivity contribution in [2.75, 3.05) is 13.6 Å². The van der Waals surface area contributed by atoms with Crippen LogP contribution in [0.1, 0.15) is 26.2 Å². The lowest BCUT2D eigenvalue weighted by molar-refractivity contribution is -0.152. The standard InChI is InChI=1S/C9H17NO/c1-7-5-8-3-4-10(2)9(6-8)11-7/h7-9H,3-6H2,1-2H3. The molecule has 0 aromatic rings. The van der Waals surface area contributed by atoms with E-state index in [2.05, 4.69) is 18.9 Å². The van der Waals surface area contributed by atoms with Gasteiger partial charge in [0.1, 0.15) is 6.23 Å². The highest BCUT2D eigenvalue weighted by Gasteiger charge is 2.33. The summed E-state index contributed by atoms with van der Waals surface area (Å²) in [5.41, 5.74) is 0. The third-order valence-corrected chi connectivity index (χ3v) is 2.97. The number of ether oxygens (including phenoxy) is 1. The number of piperidine rings is 1. The topological polar surface area (TPSA) is 12.5 Å². The first kappa shape index (κ1) is 7.56. The molecule has 2 aliphatic heterocycles. The minimum atomic E-state index is 0.428. The van der Waals surface area contributed by atoms with Crippen molar-refractivity contribution in [3.8, 4) is 0 Å². The van der Waals surface area contributed by atoms with E-state index < -0.39 is 0 Å². The molecular formula is C9H17NO. The van der Waals surface area contributed by atoms with Gasteiger partial charge >= 0.3 is 0 Å². The quantitative estimate of drug-likeness (QED) is 0.525. The van der Waals surface area contributed by atoms with Gasteiger partial charge in [-0.1, -0.05) is 0 Å². The lowest BCUT2D eigenvalue weighted by Gasteiger charge is -2.43. The van der Waals surface area contributed by atoms with Gasteiger partial charge in [0.15, 0.2) is 0 Å². The van der Waals surface area contributed by atoms with Gasteiger partial charge in [0, 0.05) is 6.54 Å². The van der Waals surface area contributed by atoms with Gasteiger partial charge in [-0.05, 0) is 39.2 Å². The van der Waals surface area contributed by atoms with E-state index in [-0.39, 0.29) is 0 Å². The van der Waals surface area contributed by atoms with Crippen molar-refractivity contribution >= 4 is 0 Å². The first-order valence-corrected chi connectivity index (χ1v) is 4.61. The molecule has 2 aliphatic rings. The molecule has 0 aromatic carbocycles. The Balaban J connectivity index is 2.02. The Morgan fingerprint density at radius 2 is 2.18 bits per heavy atom. The fraction of sp³-hybridized carbons (Fsp3) is 1.00. The molecule has 3 atom stereocenters. The Hall–Kier alpha value is -0.0800. The van der Waals surface area contributed by atoms with E-state index in [1.807, 2.05) is 0 Å². The average molecular weight is 155 g/mol. The summed E-state index contributed by atoms with van der Waals surface area (Å²) in [6.45, 7) is 3.42. The smallest absolute Gasteiger partial charge is 0.110 e. The fourth-order valence-corrected chi connectivity index (χ4v) is 2.28. The largest absolute Gasteiger partial charge is 0.360 e. The van der Waals surface area contributed by atoms with Crippen LogP contribution in [-0.4, -0.2) is 30.8 Å². The lowest BCUT2D eigenvalue weighted by atomic mass is 9.88. The summed E-state index contributed by atoms with van der Waals surface area (Å²) >= 11 is 0. The minimum absolute atomic E-state index is 0.428. The molecule has 11 heavy (non-hydrogen) atoms. The zero-order valence-corrected chi connectivity index (χ0v) is 7.42. The van der Waals surface area contributed by atoms with Gasteiger partial charge in [0.05, 0.1) is 6.10 Å². The molecule has 2 heterocycles. The number of rotatable bonds is 0. The second-order valence-corrected chi connectivity index (χ2v) is 4.01. The van der Waals surface area contributed by atoms with Crippen molar-refractivity contribution in [3.63, 3.8) is 0 Å². The second kappa shape index (κ2) is 2.76. The summed E-state index contributed by atoms with van der Waals surface area (Å²) in [5.74, 6) is 0.944. The molecule has 2 saturated heterocycles. The maximum Gasteiger partial charge on any atom is 0.110 e. The Bertz CT molecular complexity index is 146. The number of fused-ring (bicyclic) bond motifs is 2. The third kappa shape index (κ3) is 1.42. The van der Waals surface area contributed by atoms with Gasteiger partial charge in [0.2, 0.25) is 0 Å². The molecule has 0 aliphatic carbocycles. The summed E-state index contributed by atoms with van der Waals surface area (Å²) in [6, 6.07) is 0. The molecule has 0 radical (unpaired) electrons. The Morgan fingerprint density at radius 1 is 1.36 bits per heavy atom. The van der Waals surface area contributed by atoms with Gasteiger partial charge in [0.25, 0.3) is 0 Å². The van der Waals surface area contributed by atoms with Crippen LogP contribution in [0.5, 0.6) is 0 Å². The second-order valence-electron chi connectivity index (χ2n) is 4.01. The van der Waals surface area contributed by atoms with Crippen molar-refractivity contribution < 1.29 is 4.74 Å². The van der Waals surface area contributed by atoms with Crippen molar-refractivity contribution in [2.45, 2.75) is 38.5 Å². The van der Waals surface area contributed by atoms with E-state index in [0.29, 0.717) is 12.3 Å². The monoisotopic (exact) mass is 155 g/mol. The predicted octanol–water partition coefficient (Wildman–Crippen LogP) is 1.46. The van der Waals surface area contributed by atoms with E-state index in [0.717, 1.165) is 5.92 Å². The highest BCUT2D eigenvalue weighted by atomic mass is 16.5. The minimum Gasteiger partial charge on any atom is -0.360 e. The zero-order chi connectivity index (χ0) is 7.84. The highest BCUT2D eigenvalue weighted by Crippen LogP contribution is 2.32. The van der Waals surface area contributed by atoms with E-state index in [1.54, 1.807) is 0 Å². The molecule has 0 saturated carbocycles. The molecular weight excluding hydrogens is 138 g/mol. The van der Waals surface area contributed by atoms with Crippen molar-refractivity contribution in [1.29, 1.82) is 0 Å². The normalized spacial score (nSPS) is 45.8. The summed E-state index contributed by atoms with van der Waals surface area (Å²) in [7, 11) is 2.17. The number of nitrogens with zero attached hydrogens (tertiary/aromatic N) is 1. The first-order chi connectivity index (χ1) is 5.25. The zero-order valence-electron chi connectivity index (χ0n) is 7.42. The molecule has 0 amide bonds. The van der Waals surface area contributed by atoms with Crippen LogP contribution in [-0.2, 0) is 4.74 Å². The van der Waals surface area contributed by atoms with E-state index >= 15 is 0 Å². The summed E-state index contributed by atoms with van der Waals surface area (Å²) in [4.78, 5) is 2.34. The predicted molar refractivity (Wildman–Crippen MR) is 44.3 cm³/mol. The van der Waals surface area contributed by atoms with Gasteiger partial charge < -0.3 is 4.74 Å². The average Bonchev–Trinajstić information content (AvgIpc) is 1.97. The van der Waals surface area contributed by atoms with Crippen LogP contribution >= 0.6 is 0 Å². The van der Waals surface area contributed by atoms with Gasteiger partial charge in [-0.3, -0.25) is 4.90 Å². The lowest BCUT2D eigenvalue weighted by Crippen LogP contribution is -2.47. The number of likely N-dealkylation sites (tertiary alicyclic amines) is 1. The summed E-state index contributed by atoms with van der Waals surface area (Å²) < 4.78 is 5.80. The third-order valence-electron chi connectivity index (χ3n) is 2.97. The number of hydrogen-bond donors (Lipinski definition) is 0. The SMILES string of the molecule is CC1CC2CCN(C)C(C2)O1. The summed E-state index contributed by atoms with van der Waals surface area (Å²) in [5, 5.41) is 0. The van der Waals surface area contributed by atoms with Gasteiger partial charge in [-0.2, -0.15) is 0 Å². The van der Waals surface area contributed by atoms with Gasteiger partial charge in [-0.25, -0.2) is 0 Å². The maximum atomic E-state index is 5.80. The van der Waals surface area contributed by atoms with Crippen LogP contribution in [0.4, 0.5) is 0 Å². The Labute approximate surface area is 68.5 Å². The van der Waals surface area contributed by atoms with Crippen molar-refractivity contribution in [3.05, 3.63) is 0 Å². The van der Waals surface area contributed by atoms with Crippen LogP contribution in [0.3, 0.4) is 0 Å².